The molecule has 144 valence electrons. The molecule has 1 amide bonds. The number of amides is 1. The molecule has 2 aliphatic heterocycles. The van der Waals surface area contributed by atoms with Crippen LogP contribution in [0.1, 0.15) is 34.7 Å². The van der Waals surface area contributed by atoms with E-state index in [4.69, 9.17) is 13.9 Å². The average Bonchev–Trinajstić information content (AvgIpc) is 3.32. The maximum atomic E-state index is 12.7. The molecule has 1 spiro atoms. The van der Waals surface area contributed by atoms with Crippen molar-refractivity contribution < 1.29 is 22.9 Å². The van der Waals surface area contributed by atoms with Crippen molar-refractivity contribution in [3.63, 3.8) is 0 Å². The first-order chi connectivity index (χ1) is 13.0. The Balaban J connectivity index is 1.36. The Bertz CT molecular complexity index is 828. The minimum absolute atomic E-state index is 0.143. The van der Waals surface area contributed by atoms with Crippen molar-refractivity contribution in [1.29, 1.82) is 0 Å². The number of hydrogen-bond acceptors (Lipinski definition) is 5. The maximum Gasteiger partial charge on any atom is 0.289 e. The number of piperidine rings is 1. The van der Waals surface area contributed by atoms with E-state index in [9.17, 15) is 9.00 Å². The molecule has 1 aromatic heterocycles. The second kappa shape index (κ2) is 7.58. The molecule has 3 heterocycles. The Kier molecular flexibility index (Phi) is 5.16. The van der Waals surface area contributed by atoms with Crippen molar-refractivity contribution in [1.82, 2.24) is 4.90 Å². The van der Waals surface area contributed by atoms with Crippen LogP contribution in [0.5, 0.6) is 0 Å². The molecule has 0 aliphatic carbocycles. The number of likely N-dealkylation sites (tertiary alicyclic amines) is 1. The molecule has 2 fully saturated rings. The quantitative estimate of drug-likeness (QED) is 0.804. The topological polar surface area (TPSA) is 69.0 Å². The molecule has 2 aromatic rings. The number of furan rings is 1. The molecule has 0 radical (unpaired) electrons. The van der Waals surface area contributed by atoms with Gasteiger partial charge >= 0.3 is 0 Å². The van der Waals surface area contributed by atoms with Gasteiger partial charge in [-0.25, -0.2) is 0 Å². The van der Waals surface area contributed by atoms with Crippen molar-refractivity contribution in [2.75, 3.05) is 26.3 Å². The second-order valence-electron chi connectivity index (χ2n) is 6.97. The first-order valence-electron chi connectivity index (χ1n) is 9.16. The number of carbonyl (C=O) groups excluding carboxylic acids is 1. The van der Waals surface area contributed by atoms with Crippen LogP contribution in [0.2, 0.25) is 0 Å². The second-order valence-corrected chi connectivity index (χ2v) is 8.42. The van der Waals surface area contributed by atoms with Gasteiger partial charge in [0, 0.05) is 30.8 Å². The summed E-state index contributed by atoms with van der Waals surface area (Å²) < 4.78 is 29.6. The van der Waals surface area contributed by atoms with Gasteiger partial charge in [0.1, 0.15) is 5.76 Å². The van der Waals surface area contributed by atoms with Crippen LogP contribution in [-0.2, 0) is 26.0 Å². The molecule has 0 unspecified atom stereocenters. The SMILES string of the molecule is Cc1ccc([S@@](=O)Cc2ccc(C(=O)N3CCC4(CC3)OCCO4)o2)cc1. The van der Waals surface area contributed by atoms with Gasteiger partial charge in [-0.05, 0) is 31.2 Å². The van der Waals surface area contributed by atoms with Crippen LogP contribution >= 0.6 is 0 Å². The molecular formula is C20H23NO5S. The number of ether oxygens (including phenoxy) is 2. The number of aryl methyl sites for hydroxylation is 1. The molecule has 1 aromatic carbocycles. The lowest BCUT2D eigenvalue weighted by atomic mass is 10.0. The molecule has 1 atom stereocenters. The first-order valence-corrected chi connectivity index (χ1v) is 10.5. The Labute approximate surface area is 160 Å². The van der Waals surface area contributed by atoms with E-state index >= 15 is 0 Å². The van der Waals surface area contributed by atoms with Crippen LogP contribution in [0, 0.1) is 6.92 Å². The average molecular weight is 389 g/mol. The zero-order valence-corrected chi connectivity index (χ0v) is 16.1. The molecule has 4 rings (SSSR count). The van der Waals surface area contributed by atoms with Gasteiger partial charge in [0.15, 0.2) is 11.5 Å². The standard InChI is InChI=1S/C20H23NO5S/c1-15-2-5-17(6-3-15)27(23)14-16-4-7-18(26-16)19(22)21-10-8-20(9-11-21)24-12-13-25-20/h2-7H,8-14H2,1H3/t27-/m0/s1. The highest BCUT2D eigenvalue weighted by Crippen LogP contribution is 2.31. The molecular weight excluding hydrogens is 366 g/mol. The van der Waals surface area contributed by atoms with Crippen molar-refractivity contribution in [2.45, 2.75) is 36.2 Å². The molecule has 0 N–H and O–H groups in total. The van der Waals surface area contributed by atoms with E-state index in [2.05, 4.69) is 0 Å². The molecule has 2 aliphatic rings. The summed E-state index contributed by atoms with van der Waals surface area (Å²) in [6.45, 7) is 4.38. The molecule has 2 saturated heterocycles. The van der Waals surface area contributed by atoms with Crippen LogP contribution < -0.4 is 0 Å². The summed E-state index contributed by atoms with van der Waals surface area (Å²) in [5.41, 5.74) is 1.12. The van der Waals surface area contributed by atoms with E-state index in [1.165, 1.54) is 0 Å². The minimum atomic E-state index is -1.20. The predicted molar refractivity (Wildman–Crippen MR) is 99.8 cm³/mol. The first kappa shape index (κ1) is 18.4. The zero-order valence-electron chi connectivity index (χ0n) is 15.3. The van der Waals surface area contributed by atoms with Crippen molar-refractivity contribution in [2.24, 2.45) is 0 Å². The summed E-state index contributed by atoms with van der Waals surface area (Å²) in [4.78, 5) is 15.2. The summed E-state index contributed by atoms with van der Waals surface area (Å²) in [6, 6.07) is 11.0. The summed E-state index contributed by atoms with van der Waals surface area (Å²) in [7, 11) is -1.20. The zero-order chi connectivity index (χ0) is 18.9. The smallest absolute Gasteiger partial charge is 0.289 e. The van der Waals surface area contributed by atoms with Gasteiger partial charge in [-0.2, -0.15) is 0 Å². The van der Waals surface area contributed by atoms with E-state index < -0.39 is 16.6 Å². The molecule has 27 heavy (non-hydrogen) atoms. The third-order valence-electron chi connectivity index (χ3n) is 5.06. The van der Waals surface area contributed by atoms with Crippen molar-refractivity contribution in [3.05, 3.63) is 53.5 Å². The molecule has 0 bridgehead atoms. The van der Waals surface area contributed by atoms with Gasteiger partial charge in [-0.1, -0.05) is 17.7 Å². The summed E-state index contributed by atoms with van der Waals surface area (Å²) in [5, 5.41) is 0. The van der Waals surface area contributed by atoms with Gasteiger partial charge < -0.3 is 18.8 Å². The minimum Gasteiger partial charge on any atom is -0.455 e. The van der Waals surface area contributed by atoms with Gasteiger partial charge in [0.25, 0.3) is 5.91 Å². The Morgan fingerprint density at radius 1 is 1.07 bits per heavy atom. The Hall–Kier alpha value is -1.96. The fourth-order valence-corrected chi connectivity index (χ4v) is 4.48. The third kappa shape index (κ3) is 4.00. The van der Waals surface area contributed by atoms with Crippen LogP contribution in [0.25, 0.3) is 0 Å². The highest BCUT2D eigenvalue weighted by atomic mass is 32.2. The summed E-state index contributed by atoms with van der Waals surface area (Å²) >= 11 is 0. The Morgan fingerprint density at radius 2 is 1.74 bits per heavy atom. The molecule has 0 saturated carbocycles. The number of nitrogens with zero attached hydrogens (tertiary/aromatic N) is 1. The van der Waals surface area contributed by atoms with Crippen molar-refractivity contribution >= 4 is 16.7 Å². The van der Waals surface area contributed by atoms with Crippen LogP contribution in [0.15, 0.2) is 45.7 Å². The van der Waals surface area contributed by atoms with Crippen LogP contribution in [-0.4, -0.2) is 47.1 Å². The fraction of sp³-hybridized carbons (Fsp3) is 0.450. The van der Waals surface area contributed by atoms with Crippen molar-refractivity contribution in [3.8, 4) is 0 Å². The number of carbonyl (C=O) groups is 1. The van der Waals surface area contributed by atoms with E-state index in [1.54, 1.807) is 17.0 Å². The van der Waals surface area contributed by atoms with E-state index in [0.29, 0.717) is 44.9 Å². The monoisotopic (exact) mass is 389 g/mol. The molecule has 6 nitrogen and oxygen atoms in total. The lowest BCUT2D eigenvalue weighted by Crippen LogP contribution is -2.47. The predicted octanol–water partition coefficient (Wildman–Crippen LogP) is 2.87. The summed E-state index contributed by atoms with van der Waals surface area (Å²) in [6.07, 6.45) is 1.34. The highest BCUT2D eigenvalue weighted by molar-refractivity contribution is 7.84. The molecule has 7 heteroatoms. The van der Waals surface area contributed by atoms with Gasteiger partial charge in [-0.3, -0.25) is 9.00 Å². The number of hydrogen-bond donors (Lipinski definition) is 0. The van der Waals surface area contributed by atoms with Crippen LogP contribution in [0.4, 0.5) is 0 Å². The Morgan fingerprint density at radius 3 is 2.41 bits per heavy atom. The lowest BCUT2D eigenvalue weighted by molar-refractivity contribution is -0.181. The van der Waals surface area contributed by atoms with E-state index in [0.717, 1.165) is 10.5 Å². The van der Waals surface area contributed by atoms with Gasteiger partial charge in [0.05, 0.1) is 29.8 Å². The number of rotatable bonds is 4. The largest absolute Gasteiger partial charge is 0.455 e. The van der Waals surface area contributed by atoms with Crippen LogP contribution in [0.3, 0.4) is 0 Å². The summed E-state index contributed by atoms with van der Waals surface area (Å²) in [5.74, 6) is 0.440. The lowest BCUT2D eigenvalue weighted by Gasteiger charge is -2.37. The third-order valence-corrected chi connectivity index (χ3v) is 6.40. The highest BCUT2D eigenvalue weighted by Gasteiger charge is 2.41. The fourth-order valence-electron chi connectivity index (χ4n) is 3.47. The van der Waals surface area contributed by atoms with Gasteiger partial charge in [-0.15, -0.1) is 0 Å². The maximum absolute atomic E-state index is 12.7. The number of benzene rings is 1. The van der Waals surface area contributed by atoms with E-state index in [1.807, 2.05) is 31.2 Å². The normalized spacial score (nSPS) is 20.1. The van der Waals surface area contributed by atoms with Gasteiger partial charge in [0.2, 0.25) is 0 Å². The van der Waals surface area contributed by atoms with E-state index in [-0.39, 0.29) is 17.4 Å².